The molecule has 0 fully saturated rings. The molecule has 1 amide bonds. The van der Waals surface area contributed by atoms with Gasteiger partial charge in [-0.15, -0.1) is 0 Å². The molecule has 0 bridgehead atoms. The van der Waals surface area contributed by atoms with Gasteiger partial charge in [0.05, 0.1) is 44.7 Å². The molecule has 2 aromatic carbocycles. The summed E-state index contributed by atoms with van der Waals surface area (Å²) in [5, 5.41) is 50.9. The maximum Gasteiger partial charge on any atom is 0.407 e. The molecule has 14 rings (SSSR count). The van der Waals surface area contributed by atoms with Crippen molar-refractivity contribution < 1.29 is 9.53 Å². The molecule has 22 nitrogen and oxygen atoms in total. The third kappa shape index (κ3) is 18.6. The summed E-state index contributed by atoms with van der Waals surface area (Å²) in [7, 11) is 0. The lowest BCUT2D eigenvalue weighted by molar-refractivity contribution is 0.0515. The van der Waals surface area contributed by atoms with Crippen molar-refractivity contribution in [2.45, 2.75) is 85.2 Å². The molecule has 0 aliphatic carbocycles. The fourth-order valence-electron chi connectivity index (χ4n) is 9.29. The second-order valence-corrected chi connectivity index (χ2v) is 28.3. The number of H-pyrrole nitrogens is 6. The van der Waals surface area contributed by atoms with E-state index in [1.54, 1.807) is 49.6 Å². The Morgan fingerprint density at radius 1 is 0.505 bits per heavy atom. The molecule has 0 aliphatic rings. The number of ether oxygens (including phenoxy) is 1. The summed E-state index contributed by atoms with van der Waals surface area (Å²) in [5.74, 6) is 0. The zero-order chi connectivity index (χ0) is 66.6. The van der Waals surface area contributed by atoms with Crippen molar-refractivity contribution in [1.29, 1.82) is 0 Å². The summed E-state index contributed by atoms with van der Waals surface area (Å²) < 4.78 is 9.85. The van der Waals surface area contributed by atoms with Crippen LogP contribution in [0.15, 0.2) is 135 Å². The molecule has 491 valence electrons. The lowest BCUT2D eigenvalue weighted by Gasteiger charge is -2.30. The number of pyridine rings is 6. The Hall–Kier alpha value is -6.47. The van der Waals surface area contributed by atoms with E-state index >= 15 is 0 Å². The third-order valence-electron chi connectivity index (χ3n) is 14.9. The summed E-state index contributed by atoms with van der Waals surface area (Å²) >= 11 is 33.1. The van der Waals surface area contributed by atoms with Gasteiger partial charge < -0.3 is 15.8 Å². The highest BCUT2D eigenvalue weighted by atomic mass is 127. The molecule has 2 unspecified atom stereocenters. The summed E-state index contributed by atoms with van der Waals surface area (Å²) in [6.45, 7) is 15.3. The number of halogens is 8. The van der Waals surface area contributed by atoms with Crippen molar-refractivity contribution in [3.05, 3.63) is 181 Å². The minimum atomic E-state index is -0.525. The van der Waals surface area contributed by atoms with E-state index in [0.29, 0.717) is 56.3 Å². The number of nitrogens with two attached hydrogens (primary N) is 1. The summed E-state index contributed by atoms with van der Waals surface area (Å²) in [4.78, 5) is 36.9. The normalized spacial score (nSPS) is 12.2. The molecule has 3 radical (unpaired) electrons. The molecule has 14 aromatic rings. The number of rotatable bonds is 9. The molecule has 2 atom stereocenters. The number of benzene rings is 2. The van der Waals surface area contributed by atoms with Crippen LogP contribution in [-0.4, -0.2) is 124 Å². The zero-order valence-electron chi connectivity index (χ0n) is 51.4. The highest BCUT2D eigenvalue weighted by Crippen LogP contribution is 2.37. The molecule has 31 heteroatoms. The Morgan fingerprint density at radius 3 is 1.23 bits per heavy atom. The number of aromatic nitrogens is 18. The summed E-state index contributed by atoms with van der Waals surface area (Å²) in [5.41, 5.74) is 15.9. The van der Waals surface area contributed by atoms with E-state index in [9.17, 15) is 4.79 Å². The van der Waals surface area contributed by atoms with Gasteiger partial charge in [-0.25, -0.2) is 34.7 Å². The molecule has 0 spiro atoms. The maximum absolute atomic E-state index is 12.1. The van der Waals surface area contributed by atoms with Crippen LogP contribution in [0.1, 0.15) is 79.9 Å². The maximum atomic E-state index is 12.1. The third-order valence-corrected chi connectivity index (χ3v) is 19.7. The second kappa shape index (κ2) is 34.2. The smallest absolute Gasteiger partial charge is 0.407 e. The number of hydrogen-bond acceptors (Lipinski definition) is 15. The van der Waals surface area contributed by atoms with Crippen molar-refractivity contribution in [1.82, 2.24) is 96.4 Å². The first kappa shape index (κ1) is 75.9. The number of alkyl carbamates (subject to hydrolysis) is 1. The van der Waals surface area contributed by atoms with Crippen LogP contribution in [-0.2, 0) is 15.6 Å². The van der Waals surface area contributed by atoms with E-state index in [1.807, 2.05) is 69.3 Å². The molecular formula is C64H64BCl4I4N20O2. The topological polar surface area (TPSA) is 314 Å². The Labute approximate surface area is 623 Å². The van der Waals surface area contributed by atoms with Crippen molar-refractivity contribution in [3.8, 4) is 22.3 Å². The Bertz CT molecular complexity index is 4710. The van der Waals surface area contributed by atoms with Crippen molar-refractivity contribution in [2.24, 2.45) is 5.73 Å². The number of nitrogens with zero attached hydrogens (tertiary/aromatic N) is 12. The van der Waals surface area contributed by atoms with E-state index in [-0.39, 0.29) is 26.7 Å². The fourth-order valence-corrected chi connectivity index (χ4v) is 13.0. The molecule has 0 saturated carbocycles. The highest BCUT2D eigenvalue weighted by Gasteiger charge is 2.28. The van der Waals surface area contributed by atoms with Gasteiger partial charge in [0.15, 0.2) is 33.9 Å². The number of fused-ring (bicyclic) bond motifs is 6. The van der Waals surface area contributed by atoms with Crippen LogP contribution in [0.4, 0.5) is 4.79 Å². The van der Waals surface area contributed by atoms with E-state index in [1.165, 1.54) is 12.7 Å². The van der Waals surface area contributed by atoms with Crippen molar-refractivity contribution >= 4 is 217 Å². The number of carbonyl (C=O) groups excluding carboxylic acids is 1. The van der Waals surface area contributed by atoms with Crippen LogP contribution in [0.5, 0.6) is 0 Å². The molecule has 12 aromatic heterocycles. The van der Waals surface area contributed by atoms with E-state index in [2.05, 4.69) is 251 Å². The van der Waals surface area contributed by atoms with Gasteiger partial charge in [0.25, 0.3) is 0 Å². The van der Waals surface area contributed by atoms with Crippen LogP contribution in [0.2, 0.25) is 20.6 Å². The summed E-state index contributed by atoms with van der Waals surface area (Å²) in [6, 6.07) is 28.3. The van der Waals surface area contributed by atoms with Gasteiger partial charge in [-0.05, 0) is 194 Å². The quantitative estimate of drug-likeness (QED) is 0.0492. The highest BCUT2D eigenvalue weighted by molar-refractivity contribution is 14.1. The summed E-state index contributed by atoms with van der Waals surface area (Å²) in [6.07, 6.45) is 15.4. The van der Waals surface area contributed by atoms with Crippen LogP contribution in [0, 0.1) is 14.3 Å². The van der Waals surface area contributed by atoms with Crippen LogP contribution in [0.3, 0.4) is 0 Å². The first-order chi connectivity index (χ1) is 44.5. The Morgan fingerprint density at radius 2 is 0.863 bits per heavy atom. The van der Waals surface area contributed by atoms with Crippen molar-refractivity contribution in [2.75, 3.05) is 13.1 Å². The Kier molecular flexibility index (Phi) is 27.3. The second-order valence-electron chi connectivity index (χ2n) is 22.1. The SMILES string of the molecule is C.CCC(C)(CN)c1cccc(-c2ccnc3n[nH]c(Cl)c23)c1.CCC(C)(CNC(=O)OC(C)(C)C)c1cccc(-c2ccnc3n[nH]c(Cl)c23)c1.Clc1[nH]nc2nccc(I)c12.Clc1[nH]nc2nccc(I)c12.Ic1ccnc2[nH]ncc12.Ic1ccnc2[nH]ncc12.[B]. The predicted molar refractivity (Wildman–Crippen MR) is 416 cm³/mol. The van der Waals surface area contributed by atoms with Crippen molar-refractivity contribution in [3.63, 3.8) is 0 Å². The predicted octanol–water partition coefficient (Wildman–Crippen LogP) is 17.2. The Balaban J connectivity index is 0.000000170. The number of amides is 1. The standard InChI is InChI=1S/C22H27ClN4O2.C17H19ClN4.2C6H3ClIN3.2C6H4IN3.CH4.B/c1-6-22(5,13-25-20(28)29-21(2,3)4)15-9-7-8-14(12-15)16-10-11-24-19-17(16)18(23)26-27-19;1-3-17(2,10-19)12-6-4-5-11(9-12)13-7-8-20-16-14(13)15(18)21-22-16;2*7-5-4-3(8)1-2-9-6(4)11-10-5;2*7-5-1-2-8-6-4(5)3-9-10-6;;/h7-12H,6,13H2,1-5H3,(H,25,28)(H,24,26,27);4-9H,3,10,19H2,1-2H3,(H,20,21,22);2*1-2H,(H,9,10,11);2*1-3H,(H,8,9,10);1H4;. The van der Waals surface area contributed by atoms with Crippen LogP contribution < -0.4 is 11.1 Å². The fraction of sp³-hybridized carbons (Fsp3) is 0.234. The first-order valence-electron chi connectivity index (χ1n) is 28.6. The molecule has 9 N–H and O–H groups in total. The van der Waals surface area contributed by atoms with Gasteiger partial charge in [0.1, 0.15) is 26.2 Å². The monoisotopic (exact) mass is 1800 g/mol. The van der Waals surface area contributed by atoms with E-state index < -0.39 is 11.7 Å². The van der Waals surface area contributed by atoms with Gasteiger partial charge in [-0.3, -0.25) is 30.6 Å². The average molecular weight is 1810 g/mol. The number of carbonyl (C=O) groups is 1. The van der Waals surface area contributed by atoms with Gasteiger partial charge >= 0.3 is 6.09 Å². The van der Waals surface area contributed by atoms with Gasteiger partial charge in [0.2, 0.25) is 0 Å². The number of nitrogens with one attached hydrogen (secondary N) is 7. The minimum absolute atomic E-state index is 0. The lowest BCUT2D eigenvalue weighted by Crippen LogP contribution is -2.41. The molecule has 0 saturated heterocycles. The van der Waals surface area contributed by atoms with Gasteiger partial charge in [-0.2, -0.15) is 30.6 Å². The van der Waals surface area contributed by atoms with E-state index in [4.69, 9.17) is 56.9 Å². The largest absolute Gasteiger partial charge is 0.444 e. The molecule has 95 heavy (non-hydrogen) atoms. The van der Waals surface area contributed by atoms with Crippen LogP contribution >= 0.6 is 137 Å². The van der Waals surface area contributed by atoms with Gasteiger partial charge in [0, 0.05) is 83.8 Å². The minimum Gasteiger partial charge on any atom is -0.444 e. The molecule has 0 aliphatic heterocycles. The number of aromatic amines is 6. The molecular weight excluding hydrogens is 1740 g/mol. The average Bonchev–Trinajstić information content (AvgIpc) is 1.79. The zero-order valence-corrected chi connectivity index (χ0v) is 63.0. The van der Waals surface area contributed by atoms with Gasteiger partial charge in [-0.1, -0.05) is 130 Å². The lowest BCUT2D eigenvalue weighted by atomic mass is 9.79. The molecule has 12 heterocycles. The van der Waals surface area contributed by atoms with E-state index in [0.717, 1.165) is 91.4 Å². The first-order valence-corrected chi connectivity index (χ1v) is 34.4. The van der Waals surface area contributed by atoms with Crippen LogP contribution in [0.25, 0.3) is 88.5 Å². The number of hydrogen-bond donors (Lipinski definition) is 8.